The Morgan fingerprint density at radius 2 is 1.54 bits per heavy atom. The molecule has 0 aliphatic carbocycles. The molecule has 3 rings (SSSR count). The van der Waals surface area contributed by atoms with Gasteiger partial charge in [-0.3, -0.25) is 9.59 Å². The van der Waals surface area contributed by atoms with Crippen molar-refractivity contribution in [1.82, 2.24) is 0 Å². The smallest absolute Gasteiger partial charge is 0.255 e. The normalized spacial score (nSPS) is 10.2. The highest BCUT2D eigenvalue weighted by Crippen LogP contribution is 2.26. The molecule has 2 N–H and O–H groups in total. The van der Waals surface area contributed by atoms with E-state index in [0.29, 0.717) is 22.7 Å². The maximum absolute atomic E-state index is 13.3. The number of hydrogen-bond acceptors (Lipinski definition) is 3. The Kier molecular flexibility index (Phi) is 5.69. The van der Waals surface area contributed by atoms with E-state index in [1.807, 2.05) is 13.0 Å². The van der Waals surface area contributed by atoms with E-state index >= 15 is 0 Å². The van der Waals surface area contributed by atoms with Gasteiger partial charge in [-0.05, 0) is 61.0 Å². The Balaban J connectivity index is 1.78. The molecular formula is C22H19FN2O3. The Hall–Kier alpha value is -3.67. The molecule has 0 heterocycles. The van der Waals surface area contributed by atoms with E-state index < -0.39 is 11.7 Å². The van der Waals surface area contributed by atoms with E-state index in [2.05, 4.69) is 10.6 Å². The first-order valence-electron chi connectivity index (χ1n) is 8.59. The number of benzene rings is 3. The van der Waals surface area contributed by atoms with Gasteiger partial charge in [0.15, 0.2) is 0 Å². The van der Waals surface area contributed by atoms with E-state index in [1.54, 1.807) is 36.4 Å². The van der Waals surface area contributed by atoms with E-state index in [-0.39, 0.29) is 11.5 Å². The number of nitrogens with one attached hydrogen (secondary N) is 2. The minimum Gasteiger partial charge on any atom is -0.495 e. The van der Waals surface area contributed by atoms with Crippen molar-refractivity contribution in [2.24, 2.45) is 0 Å². The summed E-state index contributed by atoms with van der Waals surface area (Å²) >= 11 is 0. The maximum Gasteiger partial charge on any atom is 0.255 e. The predicted octanol–water partition coefficient (Wildman–Crippen LogP) is 4.65. The number of anilines is 2. The summed E-state index contributed by atoms with van der Waals surface area (Å²) in [6.45, 7) is 1.91. The van der Waals surface area contributed by atoms with Gasteiger partial charge in [-0.1, -0.05) is 18.2 Å². The molecule has 0 saturated heterocycles. The molecule has 6 heteroatoms. The van der Waals surface area contributed by atoms with Crippen LogP contribution in [0.1, 0.15) is 26.3 Å². The fourth-order valence-electron chi connectivity index (χ4n) is 2.69. The van der Waals surface area contributed by atoms with Crippen molar-refractivity contribution >= 4 is 23.2 Å². The second-order valence-corrected chi connectivity index (χ2v) is 6.20. The molecule has 28 heavy (non-hydrogen) atoms. The van der Waals surface area contributed by atoms with Crippen LogP contribution in [0.4, 0.5) is 15.8 Å². The molecule has 5 nitrogen and oxygen atoms in total. The average Bonchev–Trinajstić information content (AvgIpc) is 2.68. The molecule has 3 aromatic carbocycles. The van der Waals surface area contributed by atoms with Crippen LogP contribution in [-0.4, -0.2) is 18.9 Å². The molecule has 0 aromatic heterocycles. The van der Waals surface area contributed by atoms with Crippen LogP contribution in [0.5, 0.6) is 5.75 Å². The predicted molar refractivity (Wildman–Crippen MR) is 106 cm³/mol. The van der Waals surface area contributed by atoms with E-state index in [1.165, 1.54) is 31.4 Å². The molecule has 0 saturated carbocycles. The molecule has 0 spiro atoms. The van der Waals surface area contributed by atoms with Crippen molar-refractivity contribution < 1.29 is 18.7 Å². The van der Waals surface area contributed by atoms with Crippen molar-refractivity contribution in [3.63, 3.8) is 0 Å². The van der Waals surface area contributed by atoms with Gasteiger partial charge < -0.3 is 15.4 Å². The number of halogens is 1. The van der Waals surface area contributed by atoms with Gasteiger partial charge in [0.05, 0.1) is 12.8 Å². The van der Waals surface area contributed by atoms with Crippen molar-refractivity contribution in [2.75, 3.05) is 17.7 Å². The van der Waals surface area contributed by atoms with E-state index in [4.69, 9.17) is 4.74 Å². The van der Waals surface area contributed by atoms with E-state index in [9.17, 15) is 14.0 Å². The SMILES string of the molecule is COc1ccc(C)cc1NC(=O)c1cccc(C(=O)Nc2cccc(F)c2)c1. The van der Waals surface area contributed by atoms with Gasteiger partial charge in [0, 0.05) is 16.8 Å². The van der Waals surface area contributed by atoms with Crippen molar-refractivity contribution in [3.05, 3.63) is 89.2 Å². The summed E-state index contributed by atoms with van der Waals surface area (Å²) in [7, 11) is 1.53. The van der Waals surface area contributed by atoms with Crippen molar-refractivity contribution in [1.29, 1.82) is 0 Å². The Labute approximate surface area is 162 Å². The topological polar surface area (TPSA) is 67.4 Å². The first-order valence-corrected chi connectivity index (χ1v) is 8.59. The molecule has 0 fully saturated rings. The molecule has 142 valence electrons. The summed E-state index contributed by atoms with van der Waals surface area (Å²) in [5.41, 5.74) is 2.45. The molecule has 0 aliphatic rings. The van der Waals surface area contributed by atoms with Crippen LogP contribution in [-0.2, 0) is 0 Å². The number of aryl methyl sites for hydroxylation is 1. The number of carbonyl (C=O) groups is 2. The lowest BCUT2D eigenvalue weighted by Gasteiger charge is -2.12. The summed E-state index contributed by atoms with van der Waals surface area (Å²) in [5, 5.41) is 5.41. The lowest BCUT2D eigenvalue weighted by molar-refractivity contribution is 0.102. The zero-order valence-corrected chi connectivity index (χ0v) is 15.5. The summed E-state index contributed by atoms with van der Waals surface area (Å²) in [5.74, 6) is -0.713. The summed E-state index contributed by atoms with van der Waals surface area (Å²) in [6, 6.07) is 17.3. The molecule has 2 amide bonds. The number of methoxy groups -OCH3 is 1. The number of amides is 2. The third-order valence-corrected chi connectivity index (χ3v) is 4.07. The second kappa shape index (κ2) is 8.35. The highest BCUT2D eigenvalue weighted by molar-refractivity contribution is 6.09. The third-order valence-electron chi connectivity index (χ3n) is 4.07. The third kappa shape index (κ3) is 4.54. The minimum atomic E-state index is -0.446. The largest absolute Gasteiger partial charge is 0.495 e. The van der Waals surface area contributed by atoms with Gasteiger partial charge in [0.2, 0.25) is 0 Å². The fraction of sp³-hybridized carbons (Fsp3) is 0.0909. The molecule has 0 atom stereocenters. The summed E-state index contributed by atoms with van der Waals surface area (Å²) < 4.78 is 18.5. The quantitative estimate of drug-likeness (QED) is 0.679. The van der Waals surface area contributed by atoms with Crippen LogP contribution in [0.3, 0.4) is 0 Å². The fourth-order valence-corrected chi connectivity index (χ4v) is 2.69. The van der Waals surface area contributed by atoms with Crippen LogP contribution in [0.15, 0.2) is 66.7 Å². The van der Waals surface area contributed by atoms with Gasteiger partial charge >= 0.3 is 0 Å². The standard InChI is InChI=1S/C22H19FN2O3/c1-14-9-10-20(28-2)19(11-14)25-22(27)16-6-3-5-15(12-16)21(26)24-18-8-4-7-17(23)13-18/h3-13H,1-2H3,(H,24,26)(H,25,27). The number of rotatable bonds is 5. The Morgan fingerprint density at radius 3 is 2.21 bits per heavy atom. The van der Waals surface area contributed by atoms with Crippen LogP contribution >= 0.6 is 0 Å². The molecule has 3 aromatic rings. The monoisotopic (exact) mass is 378 g/mol. The Morgan fingerprint density at radius 1 is 0.857 bits per heavy atom. The lowest BCUT2D eigenvalue weighted by Crippen LogP contribution is -2.16. The first kappa shape index (κ1) is 19.1. The molecule has 0 bridgehead atoms. The van der Waals surface area contributed by atoms with Crippen LogP contribution in [0.25, 0.3) is 0 Å². The van der Waals surface area contributed by atoms with Gasteiger partial charge in [-0.2, -0.15) is 0 Å². The summed E-state index contributed by atoms with van der Waals surface area (Å²) in [6.07, 6.45) is 0. The average molecular weight is 378 g/mol. The zero-order valence-electron chi connectivity index (χ0n) is 15.5. The van der Waals surface area contributed by atoms with Gasteiger partial charge in [-0.25, -0.2) is 4.39 Å². The van der Waals surface area contributed by atoms with Gasteiger partial charge in [0.1, 0.15) is 11.6 Å². The number of carbonyl (C=O) groups excluding carboxylic acids is 2. The molecule has 0 radical (unpaired) electrons. The summed E-state index contributed by atoms with van der Waals surface area (Å²) in [4.78, 5) is 25.0. The lowest BCUT2D eigenvalue weighted by atomic mass is 10.1. The number of hydrogen-bond donors (Lipinski definition) is 2. The van der Waals surface area contributed by atoms with E-state index in [0.717, 1.165) is 5.56 Å². The molecule has 0 unspecified atom stereocenters. The highest BCUT2D eigenvalue weighted by atomic mass is 19.1. The number of ether oxygens (including phenoxy) is 1. The zero-order chi connectivity index (χ0) is 20.1. The maximum atomic E-state index is 13.3. The first-order chi connectivity index (χ1) is 13.5. The minimum absolute atomic E-state index is 0.285. The highest BCUT2D eigenvalue weighted by Gasteiger charge is 2.13. The molecule has 0 aliphatic heterocycles. The van der Waals surface area contributed by atoms with Crippen molar-refractivity contribution in [3.8, 4) is 5.75 Å². The second-order valence-electron chi connectivity index (χ2n) is 6.20. The van der Waals surface area contributed by atoms with Gasteiger partial charge in [-0.15, -0.1) is 0 Å². The van der Waals surface area contributed by atoms with Crippen LogP contribution < -0.4 is 15.4 Å². The molecular weight excluding hydrogens is 359 g/mol. The van der Waals surface area contributed by atoms with Crippen LogP contribution in [0, 0.1) is 12.7 Å². The Bertz CT molecular complexity index is 1030. The van der Waals surface area contributed by atoms with Crippen molar-refractivity contribution in [2.45, 2.75) is 6.92 Å². The van der Waals surface area contributed by atoms with Crippen LogP contribution in [0.2, 0.25) is 0 Å². The van der Waals surface area contributed by atoms with Gasteiger partial charge in [0.25, 0.3) is 11.8 Å².